The van der Waals surface area contributed by atoms with Gasteiger partial charge in [0.1, 0.15) is 6.10 Å². The van der Waals surface area contributed by atoms with E-state index in [-0.39, 0.29) is 24.4 Å². The maximum Gasteiger partial charge on any atom is 0.253 e. The molecule has 0 radical (unpaired) electrons. The van der Waals surface area contributed by atoms with Gasteiger partial charge in [-0.3, -0.25) is 4.79 Å². The number of carbonyl (C=O) groups is 1. The number of fused-ring (bicyclic) bond motifs is 1. The molecule has 5 heteroatoms. The van der Waals surface area contributed by atoms with Gasteiger partial charge in [-0.2, -0.15) is 0 Å². The monoisotopic (exact) mass is 282 g/mol. The summed E-state index contributed by atoms with van der Waals surface area (Å²) in [4.78, 5) is 11.9. The maximum atomic E-state index is 11.9. The van der Waals surface area contributed by atoms with E-state index in [0.29, 0.717) is 6.61 Å². The molecule has 1 aromatic rings. The van der Waals surface area contributed by atoms with Crippen LogP contribution in [0.3, 0.4) is 0 Å². The number of halogens is 1. The standard InChI is InChI=1S/C14H18N2O2.ClH/c17-14(13-2-1-7-18-13)16-12-4-3-10-5-6-15-9-11(10)8-12;/h3-4,8,13,15H,1-2,5-7,9H2,(H,16,17);1H/t13-;/m0./s1. The first-order valence-electron chi connectivity index (χ1n) is 6.58. The SMILES string of the molecule is Cl.O=C(Nc1ccc2c(c1)CNCC2)[C@@H]1CCCO1. The van der Waals surface area contributed by atoms with Gasteiger partial charge >= 0.3 is 0 Å². The molecule has 104 valence electrons. The molecule has 1 saturated heterocycles. The number of rotatable bonds is 2. The molecule has 1 atom stereocenters. The number of hydrogen-bond acceptors (Lipinski definition) is 3. The van der Waals surface area contributed by atoms with Crippen molar-refractivity contribution in [3.05, 3.63) is 29.3 Å². The van der Waals surface area contributed by atoms with Crippen LogP contribution in [0.5, 0.6) is 0 Å². The van der Waals surface area contributed by atoms with E-state index in [1.807, 2.05) is 6.07 Å². The summed E-state index contributed by atoms with van der Waals surface area (Å²) in [5, 5.41) is 6.28. The first-order valence-corrected chi connectivity index (χ1v) is 6.58. The molecule has 2 heterocycles. The van der Waals surface area contributed by atoms with Crippen molar-refractivity contribution in [3.8, 4) is 0 Å². The largest absolute Gasteiger partial charge is 0.368 e. The third kappa shape index (κ3) is 3.26. The van der Waals surface area contributed by atoms with Gasteiger partial charge in [0, 0.05) is 18.8 Å². The minimum absolute atomic E-state index is 0. The Balaban J connectivity index is 0.00000133. The lowest BCUT2D eigenvalue weighted by Gasteiger charge is -2.18. The van der Waals surface area contributed by atoms with Crippen LogP contribution in [-0.2, 0) is 22.5 Å². The smallest absolute Gasteiger partial charge is 0.253 e. The third-order valence-corrected chi connectivity index (χ3v) is 3.58. The summed E-state index contributed by atoms with van der Waals surface area (Å²) in [6.45, 7) is 2.62. The van der Waals surface area contributed by atoms with Gasteiger partial charge in [-0.25, -0.2) is 0 Å². The highest BCUT2D eigenvalue weighted by molar-refractivity contribution is 5.94. The second-order valence-electron chi connectivity index (χ2n) is 4.90. The molecule has 0 bridgehead atoms. The molecule has 0 saturated carbocycles. The zero-order chi connectivity index (χ0) is 12.4. The summed E-state index contributed by atoms with van der Waals surface area (Å²) in [6, 6.07) is 6.16. The summed E-state index contributed by atoms with van der Waals surface area (Å²) in [5.41, 5.74) is 3.54. The summed E-state index contributed by atoms with van der Waals surface area (Å²) >= 11 is 0. The number of amides is 1. The van der Waals surface area contributed by atoms with Crippen molar-refractivity contribution in [3.63, 3.8) is 0 Å². The molecular weight excluding hydrogens is 264 g/mol. The summed E-state index contributed by atoms with van der Waals surface area (Å²) < 4.78 is 5.38. The van der Waals surface area contributed by atoms with Gasteiger partial charge in [-0.1, -0.05) is 6.07 Å². The van der Waals surface area contributed by atoms with Gasteiger partial charge < -0.3 is 15.4 Å². The van der Waals surface area contributed by atoms with E-state index >= 15 is 0 Å². The van der Waals surface area contributed by atoms with E-state index in [2.05, 4.69) is 22.8 Å². The van der Waals surface area contributed by atoms with Gasteiger partial charge in [0.05, 0.1) is 0 Å². The predicted octanol–water partition coefficient (Wildman–Crippen LogP) is 1.87. The zero-order valence-corrected chi connectivity index (χ0v) is 11.6. The van der Waals surface area contributed by atoms with E-state index in [9.17, 15) is 4.79 Å². The highest BCUT2D eigenvalue weighted by atomic mass is 35.5. The molecule has 19 heavy (non-hydrogen) atoms. The summed E-state index contributed by atoms with van der Waals surface area (Å²) in [6.07, 6.45) is 2.61. The van der Waals surface area contributed by atoms with Crippen LogP contribution in [0, 0.1) is 0 Å². The van der Waals surface area contributed by atoms with Crippen molar-refractivity contribution in [2.75, 3.05) is 18.5 Å². The highest BCUT2D eigenvalue weighted by Gasteiger charge is 2.23. The van der Waals surface area contributed by atoms with E-state index in [1.165, 1.54) is 11.1 Å². The van der Waals surface area contributed by atoms with Gasteiger partial charge in [-0.15, -0.1) is 12.4 Å². The molecule has 0 spiro atoms. The molecule has 0 aliphatic carbocycles. The maximum absolute atomic E-state index is 11.9. The van der Waals surface area contributed by atoms with E-state index < -0.39 is 0 Å². The van der Waals surface area contributed by atoms with Crippen molar-refractivity contribution >= 4 is 24.0 Å². The molecule has 2 aliphatic rings. The Morgan fingerprint density at radius 3 is 3.05 bits per heavy atom. The Morgan fingerprint density at radius 2 is 2.26 bits per heavy atom. The fraction of sp³-hybridized carbons (Fsp3) is 0.500. The number of anilines is 1. The van der Waals surface area contributed by atoms with E-state index in [0.717, 1.165) is 38.0 Å². The number of benzene rings is 1. The zero-order valence-electron chi connectivity index (χ0n) is 10.8. The normalized spacial score (nSPS) is 21.4. The van der Waals surface area contributed by atoms with Gasteiger partial charge in [-0.05, 0) is 49.1 Å². The number of carbonyl (C=O) groups excluding carboxylic acids is 1. The Hall–Kier alpha value is -1.10. The fourth-order valence-electron chi connectivity index (χ4n) is 2.57. The van der Waals surface area contributed by atoms with E-state index in [1.54, 1.807) is 0 Å². The van der Waals surface area contributed by atoms with Crippen LogP contribution in [0.2, 0.25) is 0 Å². The van der Waals surface area contributed by atoms with Gasteiger partial charge in [0.25, 0.3) is 5.91 Å². The van der Waals surface area contributed by atoms with Gasteiger partial charge in [0.15, 0.2) is 0 Å². The van der Waals surface area contributed by atoms with Crippen molar-refractivity contribution < 1.29 is 9.53 Å². The van der Waals surface area contributed by atoms with Crippen LogP contribution in [0.1, 0.15) is 24.0 Å². The van der Waals surface area contributed by atoms with Crippen LogP contribution >= 0.6 is 12.4 Å². The molecule has 1 fully saturated rings. The Bertz CT molecular complexity index is 459. The van der Waals surface area contributed by atoms with Crippen LogP contribution in [0.15, 0.2) is 18.2 Å². The number of ether oxygens (including phenoxy) is 1. The quantitative estimate of drug-likeness (QED) is 0.871. The predicted molar refractivity (Wildman–Crippen MR) is 76.7 cm³/mol. The number of nitrogens with one attached hydrogen (secondary N) is 2. The minimum Gasteiger partial charge on any atom is -0.368 e. The Morgan fingerprint density at radius 1 is 1.37 bits per heavy atom. The fourth-order valence-corrected chi connectivity index (χ4v) is 2.57. The molecule has 0 unspecified atom stereocenters. The summed E-state index contributed by atoms with van der Waals surface area (Å²) in [7, 11) is 0. The van der Waals surface area contributed by atoms with Crippen molar-refractivity contribution in [1.29, 1.82) is 0 Å². The van der Waals surface area contributed by atoms with Crippen LogP contribution in [0.4, 0.5) is 5.69 Å². The highest BCUT2D eigenvalue weighted by Crippen LogP contribution is 2.20. The lowest BCUT2D eigenvalue weighted by molar-refractivity contribution is -0.124. The average Bonchev–Trinajstić information content (AvgIpc) is 2.92. The van der Waals surface area contributed by atoms with Crippen molar-refractivity contribution in [1.82, 2.24) is 5.32 Å². The topological polar surface area (TPSA) is 50.4 Å². The molecule has 1 amide bonds. The Kier molecular flexibility index (Phi) is 4.80. The Labute approximate surface area is 119 Å². The first-order chi connectivity index (χ1) is 8.83. The molecule has 1 aromatic carbocycles. The van der Waals surface area contributed by atoms with Crippen LogP contribution in [0.25, 0.3) is 0 Å². The molecule has 2 N–H and O–H groups in total. The van der Waals surface area contributed by atoms with Crippen LogP contribution < -0.4 is 10.6 Å². The molecule has 0 aromatic heterocycles. The lowest BCUT2D eigenvalue weighted by atomic mass is 10.0. The molecule has 3 rings (SSSR count). The molecule has 2 aliphatic heterocycles. The first kappa shape index (κ1) is 14.3. The molecular formula is C14H19ClN2O2. The second-order valence-corrected chi connectivity index (χ2v) is 4.90. The molecule has 4 nitrogen and oxygen atoms in total. The van der Waals surface area contributed by atoms with Crippen LogP contribution in [-0.4, -0.2) is 25.2 Å². The van der Waals surface area contributed by atoms with E-state index in [4.69, 9.17) is 4.74 Å². The lowest BCUT2D eigenvalue weighted by Crippen LogP contribution is -2.27. The second kappa shape index (κ2) is 6.37. The average molecular weight is 283 g/mol. The van der Waals surface area contributed by atoms with Crippen molar-refractivity contribution in [2.24, 2.45) is 0 Å². The summed E-state index contributed by atoms with van der Waals surface area (Å²) in [5.74, 6) is -0.0174. The third-order valence-electron chi connectivity index (χ3n) is 3.58. The minimum atomic E-state index is -0.265. The van der Waals surface area contributed by atoms with Crippen molar-refractivity contribution in [2.45, 2.75) is 31.9 Å². The number of hydrogen-bond donors (Lipinski definition) is 2. The van der Waals surface area contributed by atoms with Gasteiger partial charge in [0.2, 0.25) is 0 Å².